The third kappa shape index (κ3) is 4.16. The molecule has 1 heterocycles. The molecule has 0 atom stereocenters. The van der Waals surface area contributed by atoms with Gasteiger partial charge in [-0.3, -0.25) is 0 Å². The number of benzene rings is 1. The number of alkyl halides is 3. The molecule has 2 rings (SSSR count). The standard InChI is InChI=1S/C11H8ClF3N4O/c12-8-5-9(19-10(16)18-8)17-6-2-1-3-7(4-6)20-11(13,14)15/h1-5H,(H3,16,17,18,19). The fraction of sp³-hybridized carbons (Fsp3) is 0.0909. The number of nitrogens with one attached hydrogen (secondary N) is 1. The lowest BCUT2D eigenvalue weighted by atomic mass is 10.3. The minimum absolute atomic E-state index is 0.0531. The van der Waals surface area contributed by atoms with Crippen LogP contribution in [0, 0.1) is 0 Å². The number of hydrogen-bond donors (Lipinski definition) is 2. The topological polar surface area (TPSA) is 73.1 Å². The Morgan fingerprint density at radius 1 is 1.20 bits per heavy atom. The second-order valence-electron chi connectivity index (χ2n) is 3.63. The van der Waals surface area contributed by atoms with Crippen molar-refractivity contribution < 1.29 is 17.9 Å². The molecule has 20 heavy (non-hydrogen) atoms. The highest BCUT2D eigenvalue weighted by atomic mass is 35.5. The zero-order chi connectivity index (χ0) is 14.8. The predicted octanol–water partition coefficient (Wildman–Crippen LogP) is 3.35. The highest BCUT2D eigenvalue weighted by Gasteiger charge is 2.31. The van der Waals surface area contributed by atoms with Gasteiger partial charge in [-0.25, -0.2) is 4.98 Å². The van der Waals surface area contributed by atoms with Gasteiger partial charge in [0.15, 0.2) is 0 Å². The van der Waals surface area contributed by atoms with Gasteiger partial charge in [-0.2, -0.15) is 4.98 Å². The minimum Gasteiger partial charge on any atom is -0.406 e. The second kappa shape index (κ2) is 5.41. The summed E-state index contributed by atoms with van der Waals surface area (Å²) >= 11 is 5.69. The highest BCUT2D eigenvalue weighted by molar-refractivity contribution is 6.29. The lowest BCUT2D eigenvalue weighted by molar-refractivity contribution is -0.274. The molecule has 0 saturated carbocycles. The summed E-state index contributed by atoms with van der Waals surface area (Å²) < 4.78 is 40.1. The number of halogens is 4. The molecule has 3 N–H and O–H groups in total. The van der Waals surface area contributed by atoms with Gasteiger partial charge in [0.25, 0.3) is 0 Å². The van der Waals surface area contributed by atoms with Crippen LogP contribution in [0.4, 0.5) is 30.6 Å². The fourth-order valence-electron chi connectivity index (χ4n) is 1.42. The van der Waals surface area contributed by atoms with Crippen molar-refractivity contribution in [3.63, 3.8) is 0 Å². The van der Waals surface area contributed by atoms with Crippen LogP contribution in [0.25, 0.3) is 0 Å². The van der Waals surface area contributed by atoms with E-state index in [2.05, 4.69) is 20.0 Å². The maximum atomic E-state index is 12.1. The third-order valence-electron chi connectivity index (χ3n) is 2.05. The number of nitrogens with zero attached hydrogens (tertiary/aromatic N) is 2. The quantitative estimate of drug-likeness (QED) is 0.851. The molecular formula is C11H8ClF3N4O. The van der Waals surface area contributed by atoms with Gasteiger partial charge >= 0.3 is 6.36 Å². The number of aromatic nitrogens is 2. The predicted molar refractivity (Wildman–Crippen MR) is 67.9 cm³/mol. The lowest BCUT2D eigenvalue weighted by Crippen LogP contribution is -2.17. The molecule has 9 heteroatoms. The summed E-state index contributed by atoms with van der Waals surface area (Å²) in [4.78, 5) is 7.50. The van der Waals surface area contributed by atoms with Crippen LogP contribution in [0.15, 0.2) is 30.3 Å². The highest BCUT2D eigenvalue weighted by Crippen LogP contribution is 2.26. The zero-order valence-corrected chi connectivity index (χ0v) is 10.5. The van der Waals surface area contributed by atoms with Gasteiger partial charge in [0.05, 0.1) is 0 Å². The molecule has 0 saturated heterocycles. The molecule has 0 unspecified atom stereocenters. The van der Waals surface area contributed by atoms with Gasteiger partial charge < -0.3 is 15.8 Å². The first-order valence-corrected chi connectivity index (χ1v) is 5.62. The smallest absolute Gasteiger partial charge is 0.406 e. The maximum Gasteiger partial charge on any atom is 0.573 e. The monoisotopic (exact) mass is 304 g/mol. The molecule has 106 valence electrons. The molecule has 0 aliphatic heterocycles. The van der Waals surface area contributed by atoms with Gasteiger partial charge in [0.1, 0.15) is 16.7 Å². The Kier molecular flexibility index (Phi) is 3.84. The van der Waals surface area contributed by atoms with Crippen LogP contribution in [0.5, 0.6) is 5.75 Å². The van der Waals surface area contributed by atoms with E-state index in [0.717, 1.165) is 0 Å². The van der Waals surface area contributed by atoms with Crippen LogP contribution in [-0.4, -0.2) is 16.3 Å². The van der Waals surface area contributed by atoms with Gasteiger partial charge in [-0.1, -0.05) is 17.7 Å². The Balaban J connectivity index is 2.19. The van der Waals surface area contributed by atoms with Crippen molar-refractivity contribution in [2.45, 2.75) is 6.36 Å². The number of nitrogens with two attached hydrogens (primary N) is 1. The van der Waals surface area contributed by atoms with E-state index in [0.29, 0.717) is 5.69 Å². The Bertz CT molecular complexity index is 601. The Morgan fingerprint density at radius 2 is 1.95 bits per heavy atom. The second-order valence-corrected chi connectivity index (χ2v) is 4.02. The molecule has 1 aromatic carbocycles. The molecular weight excluding hydrogens is 297 g/mol. The molecule has 5 nitrogen and oxygen atoms in total. The van der Waals surface area contributed by atoms with Crippen molar-refractivity contribution in [2.75, 3.05) is 11.1 Å². The molecule has 0 aliphatic carbocycles. The summed E-state index contributed by atoms with van der Waals surface area (Å²) in [7, 11) is 0. The summed E-state index contributed by atoms with van der Waals surface area (Å²) in [5.74, 6) is -0.148. The van der Waals surface area contributed by atoms with E-state index < -0.39 is 6.36 Å². The van der Waals surface area contributed by atoms with E-state index in [9.17, 15) is 13.2 Å². The van der Waals surface area contributed by atoms with Crippen molar-refractivity contribution in [3.8, 4) is 5.75 Å². The average Bonchev–Trinajstić information content (AvgIpc) is 2.25. The van der Waals surface area contributed by atoms with Crippen molar-refractivity contribution in [1.29, 1.82) is 0 Å². The van der Waals surface area contributed by atoms with Crippen LogP contribution in [0.3, 0.4) is 0 Å². The Labute approximate surface area is 116 Å². The van der Waals surface area contributed by atoms with Crippen molar-refractivity contribution in [2.24, 2.45) is 0 Å². The minimum atomic E-state index is -4.75. The number of rotatable bonds is 3. The Morgan fingerprint density at radius 3 is 2.60 bits per heavy atom. The number of hydrogen-bond acceptors (Lipinski definition) is 5. The summed E-state index contributed by atoms with van der Waals surface area (Å²) in [6.07, 6.45) is -4.75. The first kappa shape index (κ1) is 14.2. The van der Waals surface area contributed by atoms with E-state index in [1.165, 1.54) is 30.3 Å². The third-order valence-corrected chi connectivity index (χ3v) is 2.25. The van der Waals surface area contributed by atoms with Gasteiger partial charge in [0, 0.05) is 17.8 Å². The molecule has 0 spiro atoms. The molecule has 0 bridgehead atoms. The zero-order valence-electron chi connectivity index (χ0n) is 9.78. The summed E-state index contributed by atoms with van der Waals surface area (Å²) in [5.41, 5.74) is 5.74. The van der Waals surface area contributed by atoms with Gasteiger partial charge in [0.2, 0.25) is 5.95 Å². The number of ether oxygens (including phenoxy) is 1. The summed E-state index contributed by atoms with van der Waals surface area (Å²) in [6, 6.07) is 6.67. The van der Waals surface area contributed by atoms with E-state index in [1.807, 2.05) is 0 Å². The summed E-state index contributed by atoms with van der Waals surface area (Å²) in [6.45, 7) is 0. The van der Waals surface area contributed by atoms with E-state index >= 15 is 0 Å². The van der Waals surface area contributed by atoms with E-state index in [4.69, 9.17) is 17.3 Å². The SMILES string of the molecule is Nc1nc(Cl)cc(Nc2cccc(OC(F)(F)F)c2)n1. The van der Waals surface area contributed by atoms with Crippen LogP contribution in [0.1, 0.15) is 0 Å². The van der Waals surface area contributed by atoms with Gasteiger partial charge in [-0.15, -0.1) is 13.2 Å². The molecule has 0 radical (unpaired) electrons. The van der Waals surface area contributed by atoms with Crippen molar-refractivity contribution in [3.05, 3.63) is 35.5 Å². The number of nitrogen functional groups attached to an aromatic ring is 1. The first-order chi connectivity index (χ1) is 9.32. The molecule has 0 fully saturated rings. The van der Waals surface area contributed by atoms with Crippen LogP contribution >= 0.6 is 11.6 Å². The molecule has 2 aromatic rings. The normalized spacial score (nSPS) is 11.2. The lowest BCUT2D eigenvalue weighted by Gasteiger charge is -2.11. The number of anilines is 3. The van der Waals surface area contributed by atoms with E-state index in [1.54, 1.807) is 0 Å². The van der Waals surface area contributed by atoms with Gasteiger partial charge in [-0.05, 0) is 12.1 Å². The largest absolute Gasteiger partial charge is 0.573 e. The molecule has 0 amide bonds. The van der Waals surface area contributed by atoms with Crippen LogP contribution in [0.2, 0.25) is 5.15 Å². The molecule has 0 aliphatic rings. The van der Waals surface area contributed by atoms with Crippen LogP contribution < -0.4 is 15.8 Å². The maximum absolute atomic E-state index is 12.1. The summed E-state index contributed by atoms with van der Waals surface area (Å²) in [5, 5.41) is 2.86. The molecule has 1 aromatic heterocycles. The Hall–Kier alpha value is -2.22. The van der Waals surface area contributed by atoms with Crippen molar-refractivity contribution in [1.82, 2.24) is 9.97 Å². The van der Waals surface area contributed by atoms with Crippen molar-refractivity contribution >= 4 is 29.1 Å². The average molecular weight is 305 g/mol. The van der Waals surface area contributed by atoms with Crippen LogP contribution in [-0.2, 0) is 0 Å². The first-order valence-electron chi connectivity index (χ1n) is 5.25. The fourth-order valence-corrected chi connectivity index (χ4v) is 1.61. The van der Waals surface area contributed by atoms with E-state index in [-0.39, 0.29) is 22.7 Å².